The van der Waals surface area contributed by atoms with Crippen LogP contribution < -0.4 is 0 Å². The molecule has 32 heavy (non-hydrogen) atoms. The fourth-order valence-corrected chi connectivity index (χ4v) is 3.51. The molecule has 0 amide bonds. The quantitative estimate of drug-likeness (QED) is 0.335. The number of aromatic nitrogens is 4. The Hall–Kier alpha value is -3.32. The first-order chi connectivity index (χ1) is 15.1. The summed E-state index contributed by atoms with van der Waals surface area (Å²) in [7, 11) is 1.10. The molecule has 0 bridgehead atoms. The van der Waals surface area contributed by atoms with Gasteiger partial charge in [-0.05, 0) is 0 Å². The molecule has 14 heteroatoms. The van der Waals surface area contributed by atoms with E-state index in [0.29, 0.717) is 0 Å². The molecule has 3 rings (SSSR count). The molecule has 2 aromatic rings. The number of hydrogen-bond donors (Lipinski definition) is 0. The molecule has 2 aromatic heterocycles. The van der Waals surface area contributed by atoms with Crippen LogP contribution in [0, 0.1) is 0 Å². The van der Waals surface area contributed by atoms with Gasteiger partial charge in [0.05, 0.1) is 13.4 Å². The van der Waals surface area contributed by atoms with Crippen LogP contribution >= 0.6 is 11.6 Å². The first-order valence-corrected chi connectivity index (χ1v) is 9.59. The number of halogens is 1. The third kappa shape index (κ3) is 4.62. The molecule has 0 saturated carbocycles. The molecule has 1 aliphatic heterocycles. The van der Waals surface area contributed by atoms with Crippen LogP contribution in [0.3, 0.4) is 0 Å². The van der Waals surface area contributed by atoms with Crippen molar-refractivity contribution in [3.05, 3.63) is 17.8 Å². The standard InChI is InChI=1S/C18H19ClN4O9/c1-7(24)29-11-12(30-8(2)25)14(18(27)28-4)32-17(13(11)31-9(3)26)23-6-22-10-15(19)20-5-21-16(10)23/h5-6,11-14,17H,1-4H3. The number of rotatable bonds is 5. The van der Waals surface area contributed by atoms with Gasteiger partial charge >= 0.3 is 23.9 Å². The highest BCUT2D eigenvalue weighted by Gasteiger charge is 2.55. The zero-order chi connectivity index (χ0) is 23.6. The fraction of sp³-hybridized carbons (Fsp3) is 0.500. The van der Waals surface area contributed by atoms with E-state index in [1.807, 2.05) is 0 Å². The largest absolute Gasteiger partial charge is 0.467 e. The highest BCUT2D eigenvalue weighted by molar-refractivity contribution is 6.33. The topological polar surface area (TPSA) is 158 Å². The number of ether oxygens (including phenoxy) is 5. The highest BCUT2D eigenvalue weighted by Crippen LogP contribution is 2.36. The first-order valence-electron chi connectivity index (χ1n) is 9.22. The molecule has 5 unspecified atom stereocenters. The summed E-state index contributed by atoms with van der Waals surface area (Å²) in [6.45, 7) is 3.32. The molecule has 3 heterocycles. The Morgan fingerprint density at radius 1 is 0.938 bits per heavy atom. The molecule has 0 N–H and O–H groups in total. The third-order valence-electron chi connectivity index (χ3n) is 4.44. The molecule has 0 radical (unpaired) electrons. The average molecular weight is 471 g/mol. The predicted molar refractivity (Wildman–Crippen MR) is 103 cm³/mol. The molecule has 1 saturated heterocycles. The van der Waals surface area contributed by atoms with Gasteiger partial charge < -0.3 is 23.7 Å². The number of fused-ring (bicyclic) bond motifs is 1. The molecule has 0 aromatic carbocycles. The summed E-state index contributed by atoms with van der Waals surface area (Å²) in [4.78, 5) is 60.0. The van der Waals surface area contributed by atoms with E-state index in [9.17, 15) is 19.2 Å². The SMILES string of the molecule is COC(=O)C1OC(n2cnc3c(Cl)ncnc32)C(OC(C)=O)C(OC(C)=O)C1OC(C)=O. The number of nitrogens with zero attached hydrogens (tertiary/aromatic N) is 4. The van der Waals surface area contributed by atoms with Crippen molar-refractivity contribution in [2.24, 2.45) is 0 Å². The van der Waals surface area contributed by atoms with Crippen LogP contribution in [0.25, 0.3) is 11.2 Å². The van der Waals surface area contributed by atoms with E-state index in [0.717, 1.165) is 27.9 Å². The third-order valence-corrected chi connectivity index (χ3v) is 4.72. The molecular weight excluding hydrogens is 452 g/mol. The van der Waals surface area contributed by atoms with E-state index in [1.54, 1.807) is 0 Å². The molecule has 13 nitrogen and oxygen atoms in total. The van der Waals surface area contributed by atoms with Gasteiger partial charge in [0.15, 0.2) is 41.4 Å². The van der Waals surface area contributed by atoms with Gasteiger partial charge in [0.2, 0.25) is 0 Å². The van der Waals surface area contributed by atoms with Gasteiger partial charge in [-0.3, -0.25) is 19.0 Å². The van der Waals surface area contributed by atoms with Gasteiger partial charge in [-0.15, -0.1) is 0 Å². The number of hydrogen-bond acceptors (Lipinski definition) is 12. The van der Waals surface area contributed by atoms with E-state index in [1.165, 1.54) is 17.2 Å². The van der Waals surface area contributed by atoms with Crippen LogP contribution in [0.1, 0.15) is 27.0 Å². The second-order valence-corrected chi connectivity index (χ2v) is 7.04. The lowest BCUT2D eigenvalue weighted by Gasteiger charge is -2.43. The smallest absolute Gasteiger partial charge is 0.339 e. The maximum atomic E-state index is 12.5. The average Bonchev–Trinajstić information content (AvgIpc) is 3.14. The van der Waals surface area contributed by atoms with Crippen molar-refractivity contribution in [3.8, 4) is 0 Å². The van der Waals surface area contributed by atoms with E-state index in [4.69, 9.17) is 35.3 Å². The van der Waals surface area contributed by atoms with Crippen molar-refractivity contribution in [2.75, 3.05) is 7.11 Å². The minimum atomic E-state index is -1.54. The lowest BCUT2D eigenvalue weighted by atomic mass is 9.96. The minimum Gasteiger partial charge on any atom is -0.467 e. The normalized spacial score (nSPS) is 25.1. The fourth-order valence-electron chi connectivity index (χ4n) is 3.33. The summed E-state index contributed by atoms with van der Waals surface area (Å²) < 4.78 is 27.9. The zero-order valence-corrected chi connectivity index (χ0v) is 18.1. The van der Waals surface area contributed by atoms with Gasteiger partial charge in [-0.1, -0.05) is 11.6 Å². The van der Waals surface area contributed by atoms with Crippen LogP contribution in [0.4, 0.5) is 0 Å². The summed E-state index contributed by atoms with van der Waals surface area (Å²) in [6.07, 6.45) is -4.66. The molecule has 0 aliphatic carbocycles. The van der Waals surface area contributed by atoms with Crippen molar-refractivity contribution in [1.29, 1.82) is 0 Å². The monoisotopic (exact) mass is 470 g/mol. The van der Waals surface area contributed by atoms with Crippen molar-refractivity contribution in [3.63, 3.8) is 0 Å². The van der Waals surface area contributed by atoms with Gasteiger partial charge in [0.1, 0.15) is 11.8 Å². The lowest BCUT2D eigenvalue weighted by Crippen LogP contribution is -2.61. The summed E-state index contributed by atoms with van der Waals surface area (Å²) in [5.41, 5.74) is 0.392. The van der Waals surface area contributed by atoms with Crippen LogP contribution in [-0.4, -0.2) is 74.9 Å². The van der Waals surface area contributed by atoms with Crippen molar-refractivity contribution in [1.82, 2.24) is 19.5 Å². The Morgan fingerprint density at radius 2 is 1.53 bits per heavy atom. The lowest BCUT2D eigenvalue weighted by molar-refractivity contribution is -0.262. The summed E-state index contributed by atoms with van der Waals surface area (Å²) in [5, 5.41) is 0.0486. The Bertz CT molecular complexity index is 1060. The van der Waals surface area contributed by atoms with Crippen molar-refractivity contribution < 1.29 is 42.9 Å². The Balaban J connectivity index is 2.18. The molecule has 5 atom stereocenters. The van der Waals surface area contributed by atoms with E-state index >= 15 is 0 Å². The predicted octanol–water partition coefficient (Wildman–Crippen LogP) is 0.345. The zero-order valence-electron chi connectivity index (χ0n) is 17.4. The maximum Gasteiger partial charge on any atom is 0.339 e. The van der Waals surface area contributed by atoms with E-state index in [2.05, 4.69) is 15.0 Å². The van der Waals surface area contributed by atoms with Crippen molar-refractivity contribution in [2.45, 2.75) is 51.4 Å². The molecule has 1 fully saturated rings. The number of methoxy groups -OCH3 is 1. The van der Waals surface area contributed by atoms with Gasteiger partial charge in [-0.25, -0.2) is 19.7 Å². The summed E-state index contributed by atoms with van der Waals surface area (Å²) in [5.74, 6) is -3.25. The number of imidazole rings is 1. The molecular formula is C18H19ClN4O9. The van der Waals surface area contributed by atoms with E-state index < -0.39 is 54.5 Å². The number of carbonyl (C=O) groups is 4. The van der Waals surface area contributed by atoms with Crippen molar-refractivity contribution >= 4 is 46.6 Å². The maximum absolute atomic E-state index is 12.5. The Labute approximate surface area is 185 Å². The van der Waals surface area contributed by atoms with E-state index in [-0.39, 0.29) is 16.3 Å². The number of esters is 4. The van der Waals surface area contributed by atoms with Crippen LogP contribution in [-0.2, 0) is 42.9 Å². The summed E-state index contributed by atoms with van der Waals surface area (Å²) in [6, 6.07) is 0. The van der Waals surface area contributed by atoms with Crippen LogP contribution in [0.5, 0.6) is 0 Å². The number of carbonyl (C=O) groups excluding carboxylic acids is 4. The van der Waals surface area contributed by atoms with Gasteiger partial charge in [0, 0.05) is 20.8 Å². The Morgan fingerprint density at radius 3 is 2.12 bits per heavy atom. The van der Waals surface area contributed by atoms with Crippen LogP contribution in [0.2, 0.25) is 5.15 Å². The highest BCUT2D eigenvalue weighted by atomic mass is 35.5. The summed E-state index contributed by atoms with van der Waals surface area (Å²) >= 11 is 6.06. The first kappa shape index (κ1) is 23.3. The second kappa shape index (κ2) is 9.44. The molecule has 0 spiro atoms. The second-order valence-electron chi connectivity index (χ2n) is 6.68. The Kier molecular flexibility index (Phi) is 6.89. The molecule has 172 valence electrons. The minimum absolute atomic E-state index is 0.0486. The molecule has 1 aliphatic rings. The van der Waals surface area contributed by atoms with Gasteiger partial charge in [-0.2, -0.15) is 0 Å². The van der Waals surface area contributed by atoms with Crippen LogP contribution in [0.15, 0.2) is 12.7 Å². The van der Waals surface area contributed by atoms with Gasteiger partial charge in [0.25, 0.3) is 0 Å².